The van der Waals surface area contributed by atoms with E-state index < -0.39 is 0 Å². The normalized spacial score (nSPS) is 36.5. The van der Waals surface area contributed by atoms with Crippen LogP contribution in [0.2, 0.25) is 0 Å². The summed E-state index contributed by atoms with van der Waals surface area (Å²) in [7, 11) is 1.80. The lowest BCUT2D eigenvalue weighted by Crippen LogP contribution is -2.44. The minimum absolute atomic E-state index is 0.0761. The molecule has 3 nitrogen and oxygen atoms in total. The number of aliphatic hydroxyl groups excluding tert-OH is 1. The summed E-state index contributed by atoms with van der Waals surface area (Å²) in [6, 6.07) is 0. The minimum Gasteiger partial charge on any atom is -0.393 e. The molecular weight excluding hydrogens is 250 g/mol. The first-order valence-electron chi connectivity index (χ1n) is 8.49. The minimum atomic E-state index is -0.0761. The number of ether oxygens (including phenoxy) is 1. The van der Waals surface area contributed by atoms with Crippen LogP contribution in [-0.2, 0) is 4.74 Å². The smallest absolute Gasteiger partial charge is 0.0580 e. The lowest BCUT2D eigenvalue weighted by Gasteiger charge is -2.40. The van der Waals surface area contributed by atoms with E-state index in [4.69, 9.17) is 4.74 Å². The van der Waals surface area contributed by atoms with Crippen molar-refractivity contribution in [2.75, 3.05) is 33.4 Å². The van der Waals surface area contributed by atoms with Crippen molar-refractivity contribution in [3.8, 4) is 0 Å². The van der Waals surface area contributed by atoms with Crippen LogP contribution in [0.4, 0.5) is 0 Å². The Morgan fingerprint density at radius 2 is 2.05 bits per heavy atom. The highest BCUT2D eigenvalue weighted by Gasteiger charge is 2.32. The van der Waals surface area contributed by atoms with E-state index in [0.717, 1.165) is 38.0 Å². The average Bonchev–Trinajstić information content (AvgIpc) is 2.42. The maximum atomic E-state index is 10.3. The van der Waals surface area contributed by atoms with E-state index in [0.29, 0.717) is 11.8 Å². The maximum absolute atomic E-state index is 10.3. The van der Waals surface area contributed by atoms with Crippen molar-refractivity contribution in [2.45, 2.75) is 52.1 Å². The van der Waals surface area contributed by atoms with Crippen molar-refractivity contribution < 1.29 is 9.84 Å². The number of likely N-dealkylation sites (tertiary alicyclic amines) is 1. The van der Waals surface area contributed by atoms with Crippen molar-refractivity contribution in [3.05, 3.63) is 0 Å². The Morgan fingerprint density at radius 3 is 2.75 bits per heavy atom. The van der Waals surface area contributed by atoms with Crippen LogP contribution in [0.1, 0.15) is 46.0 Å². The Kier molecular flexibility index (Phi) is 6.31. The lowest BCUT2D eigenvalue weighted by molar-refractivity contribution is 0.00595. The van der Waals surface area contributed by atoms with E-state index in [9.17, 15) is 5.11 Å². The second-order valence-corrected chi connectivity index (χ2v) is 7.37. The summed E-state index contributed by atoms with van der Waals surface area (Å²) in [5.74, 6) is 2.74. The molecule has 2 fully saturated rings. The molecule has 1 aliphatic carbocycles. The standard InChI is InChI=1S/C17H33NO2/c1-13(2)15-6-7-17(19)16(9-15)11-18-8-4-5-14(10-18)12-20-3/h13-17,19H,4-12H2,1-3H3. The summed E-state index contributed by atoms with van der Waals surface area (Å²) in [5, 5.41) is 10.3. The number of methoxy groups -OCH3 is 1. The summed E-state index contributed by atoms with van der Waals surface area (Å²) < 4.78 is 5.31. The number of hydrogen-bond acceptors (Lipinski definition) is 3. The quantitative estimate of drug-likeness (QED) is 0.842. The summed E-state index contributed by atoms with van der Waals surface area (Å²) in [4.78, 5) is 2.57. The highest BCUT2D eigenvalue weighted by atomic mass is 16.5. The third-order valence-electron chi connectivity index (χ3n) is 5.42. The third kappa shape index (κ3) is 4.44. The topological polar surface area (TPSA) is 32.7 Å². The van der Waals surface area contributed by atoms with Crippen molar-refractivity contribution in [1.29, 1.82) is 0 Å². The highest BCUT2D eigenvalue weighted by molar-refractivity contribution is 4.84. The SMILES string of the molecule is COCC1CCCN(CC2CC(C(C)C)CCC2O)C1. The molecule has 1 saturated heterocycles. The van der Waals surface area contributed by atoms with Gasteiger partial charge in [0.25, 0.3) is 0 Å². The first-order chi connectivity index (χ1) is 9.60. The summed E-state index contributed by atoms with van der Waals surface area (Å²) in [6.07, 6.45) is 5.93. The Balaban J connectivity index is 1.84. The number of hydrogen-bond donors (Lipinski definition) is 1. The monoisotopic (exact) mass is 283 g/mol. The molecule has 0 amide bonds. The molecule has 3 heteroatoms. The van der Waals surface area contributed by atoms with Gasteiger partial charge in [-0.1, -0.05) is 13.8 Å². The molecular formula is C17H33NO2. The van der Waals surface area contributed by atoms with Gasteiger partial charge < -0.3 is 14.7 Å². The van der Waals surface area contributed by atoms with Gasteiger partial charge in [0.05, 0.1) is 12.7 Å². The van der Waals surface area contributed by atoms with Gasteiger partial charge in [-0.2, -0.15) is 0 Å². The first kappa shape index (κ1) is 16.3. The zero-order valence-electron chi connectivity index (χ0n) is 13.6. The van der Waals surface area contributed by atoms with Crippen LogP contribution in [0.25, 0.3) is 0 Å². The van der Waals surface area contributed by atoms with Crippen molar-refractivity contribution in [3.63, 3.8) is 0 Å². The molecule has 1 saturated carbocycles. The van der Waals surface area contributed by atoms with E-state index in [1.807, 2.05) is 0 Å². The molecule has 0 bridgehead atoms. The molecule has 0 radical (unpaired) electrons. The van der Waals surface area contributed by atoms with Crippen LogP contribution in [0, 0.1) is 23.7 Å². The highest BCUT2D eigenvalue weighted by Crippen LogP contribution is 2.34. The van der Waals surface area contributed by atoms with Gasteiger partial charge in [-0.15, -0.1) is 0 Å². The van der Waals surface area contributed by atoms with Crippen LogP contribution in [0.5, 0.6) is 0 Å². The molecule has 0 aromatic rings. The molecule has 2 aliphatic rings. The molecule has 0 aromatic heterocycles. The predicted octanol–water partition coefficient (Wildman–Crippen LogP) is 2.78. The van der Waals surface area contributed by atoms with Gasteiger partial charge >= 0.3 is 0 Å². The fraction of sp³-hybridized carbons (Fsp3) is 1.00. The molecule has 4 unspecified atom stereocenters. The van der Waals surface area contributed by atoms with Crippen LogP contribution in [0.15, 0.2) is 0 Å². The van der Waals surface area contributed by atoms with E-state index >= 15 is 0 Å². The molecule has 0 spiro atoms. The average molecular weight is 283 g/mol. The number of nitrogens with zero attached hydrogens (tertiary/aromatic N) is 1. The number of rotatable bonds is 5. The fourth-order valence-corrected chi connectivity index (χ4v) is 4.11. The van der Waals surface area contributed by atoms with Crippen molar-refractivity contribution in [2.24, 2.45) is 23.7 Å². The summed E-state index contributed by atoms with van der Waals surface area (Å²) in [6.45, 7) is 8.99. The number of piperidine rings is 1. The molecule has 4 atom stereocenters. The zero-order valence-corrected chi connectivity index (χ0v) is 13.6. The molecule has 118 valence electrons. The predicted molar refractivity (Wildman–Crippen MR) is 82.7 cm³/mol. The molecule has 1 heterocycles. The van der Waals surface area contributed by atoms with Crippen LogP contribution in [0.3, 0.4) is 0 Å². The molecule has 0 aromatic carbocycles. The van der Waals surface area contributed by atoms with Gasteiger partial charge in [-0.25, -0.2) is 0 Å². The number of aliphatic hydroxyl groups is 1. The van der Waals surface area contributed by atoms with Crippen LogP contribution in [-0.4, -0.2) is 49.5 Å². The van der Waals surface area contributed by atoms with Gasteiger partial charge in [0, 0.05) is 20.2 Å². The van der Waals surface area contributed by atoms with E-state index in [1.54, 1.807) is 7.11 Å². The second kappa shape index (κ2) is 7.77. The van der Waals surface area contributed by atoms with Gasteiger partial charge in [0.1, 0.15) is 0 Å². The van der Waals surface area contributed by atoms with Crippen LogP contribution < -0.4 is 0 Å². The Labute approximate surface area is 124 Å². The largest absolute Gasteiger partial charge is 0.393 e. The molecule has 1 aliphatic heterocycles. The maximum Gasteiger partial charge on any atom is 0.0580 e. The lowest BCUT2D eigenvalue weighted by atomic mass is 9.74. The van der Waals surface area contributed by atoms with Gasteiger partial charge in [0.15, 0.2) is 0 Å². The third-order valence-corrected chi connectivity index (χ3v) is 5.42. The first-order valence-corrected chi connectivity index (χ1v) is 8.49. The van der Waals surface area contributed by atoms with Gasteiger partial charge in [-0.3, -0.25) is 0 Å². The van der Waals surface area contributed by atoms with E-state index in [-0.39, 0.29) is 6.10 Å². The molecule has 1 N–H and O–H groups in total. The fourth-order valence-electron chi connectivity index (χ4n) is 4.11. The molecule has 20 heavy (non-hydrogen) atoms. The van der Waals surface area contributed by atoms with Gasteiger partial charge in [0.2, 0.25) is 0 Å². The Morgan fingerprint density at radius 1 is 1.25 bits per heavy atom. The van der Waals surface area contributed by atoms with Crippen molar-refractivity contribution in [1.82, 2.24) is 4.90 Å². The van der Waals surface area contributed by atoms with Gasteiger partial charge in [-0.05, 0) is 62.3 Å². The van der Waals surface area contributed by atoms with Crippen molar-refractivity contribution >= 4 is 0 Å². The van der Waals surface area contributed by atoms with E-state index in [2.05, 4.69) is 18.7 Å². The summed E-state index contributed by atoms with van der Waals surface area (Å²) in [5.41, 5.74) is 0. The van der Waals surface area contributed by atoms with Crippen LogP contribution >= 0.6 is 0 Å². The second-order valence-electron chi connectivity index (χ2n) is 7.37. The molecule has 2 rings (SSSR count). The van der Waals surface area contributed by atoms with E-state index in [1.165, 1.54) is 32.2 Å². The Bertz CT molecular complexity index is 280. The Hall–Kier alpha value is -0.120. The zero-order chi connectivity index (χ0) is 14.5. The summed E-state index contributed by atoms with van der Waals surface area (Å²) >= 11 is 0.